The third kappa shape index (κ3) is 2.98. The predicted molar refractivity (Wildman–Crippen MR) is 82.8 cm³/mol. The number of hydrogen-bond donors (Lipinski definition) is 1. The topological polar surface area (TPSA) is 38.3 Å². The van der Waals surface area contributed by atoms with Gasteiger partial charge in [0.2, 0.25) is 5.91 Å². The first-order chi connectivity index (χ1) is 10.3. The molecule has 1 N–H and O–H groups in total. The number of nitrogens with one attached hydrogen (secondary N) is 1. The maximum absolute atomic E-state index is 11.3. The molecule has 0 saturated carbocycles. The number of fused-ring (bicyclic) bond motifs is 3. The molecule has 0 aliphatic heterocycles. The molecular formula is C18H19NO2. The summed E-state index contributed by atoms with van der Waals surface area (Å²) in [4.78, 5) is 16.0. The molecule has 0 radical (unpaired) electrons. The highest BCUT2D eigenvalue weighted by Gasteiger charge is 2.17. The average Bonchev–Trinajstić information content (AvgIpc) is 2.86. The normalized spacial score (nSPS) is 11.9. The van der Waals surface area contributed by atoms with Crippen molar-refractivity contribution < 1.29 is 9.63 Å². The number of carbonyl (C=O) groups is 1. The summed E-state index contributed by atoms with van der Waals surface area (Å²) in [6, 6.07) is 15.3. The number of hydrogen-bond acceptors (Lipinski definition) is 2. The van der Waals surface area contributed by atoms with Crippen molar-refractivity contribution in [1.29, 1.82) is 0 Å². The van der Waals surface area contributed by atoms with Crippen LogP contribution in [0.3, 0.4) is 0 Å². The highest BCUT2D eigenvalue weighted by atomic mass is 16.6. The Morgan fingerprint density at radius 2 is 1.95 bits per heavy atom. The molecule has 0 bridgehead atoms. The Balaban J connectivity index is 1.69. The molecule has 108 valence electrons. The molecule has 3 nitrogen and oxygen atoms in total. The zero-order valence-corrected chi connectivity index (χ0v) is 12.2. The molecule has 2 aromatic carbocycles. The minimum Gasteiger partial charge on any atom is -0.277 e. The van der Waals surface area contributed by atoms with Gasteiger partial charge in [0.15, 0.2) is 0 Å². The lowest BCUT2D eigenvalue weighted by molar-refractivity contribution is -0.131. The fourth-order valence-corrected chi connectivity index (χ4v) is 2.94. The third-order valence-corrected chi connectivity index (χ3v) is 3.95. The van der Waals surface area contributed by atoms with E-state index in [-0.39, 0.29) is 5.91 Å². The lowest BCUT2D eigenvalue weighted by atomic mass is 10.00. The third-order valence-electron chi connectivity index (χ3n) is 3.95. The Morgan fingerprint density at radius 1 is 1.14 bits per heavy atom. The van der Waals surface area contributed by atoms with Gasteiger partial charge in [0, 0.05) is 6.42 Å². The van der Waals surface area contributed by atoms with Crippen molar-refractivity contribution in [1.82, 2.24) is 5.48 Å². The van der Waals surface area contributed by atoms with Crippen LogP contribution < -0.4 is 5.48 Å². The Hall–Kier alpha value is -2.13. The Labute approximate surface area is 124 Å². The summed E-state index contributed by atoms with van der Waals surface area (Å²) in [5.41, 5.74) is 9.15. The summed E-state index contributed by atoms with van der Waals surface area (Å²) in [5.74, 6) is -0.0657. The van der Waals surface area contributed by atoms with E-state index < -0.39 is 0 Å². The Kier molecular flexibility index (Phi) is 4.02. The monoisotopic (exact) mass is 281 g/mol. The van der Waals surface area contributed by atoms with Gasteiger partial charge in [-0.1, -0.05) is 42.5 Å². The Morgan fingerprint density at radius 3 is 2.81 bits per heavy atom. The number of rotatable bonds is 5. The maximum Gasteiger partial charge on any atom is 0.243 e. The average molecular weight is 281 g/mol. The number of amides is 1. The van der Waals surface area contributed by atoms with E-state index in [2.05, 4.69) is 52.8 Å². The standard InChI is InChI=1S/C18H19NO2/c1-21-19-18(20)8-4-5-13-9-10-15-12-14-6-2-3-7-16(14)17(15)11-13/h2-3,6-7,9-11H,4-5,8,12H2,1H3,(H,19,20). The first kappa shape index (κ1) is 13.8. The lowest BCUT2D eigenvalue weighted by Gasteiger charge is -2.06. The molecule has 21 heavy (non-hydrogen) atoms. The first-order valence-electron chi connectivity index (χ1n) is 7.30. The zero-order valence-electron chi connectivity index (χ0n) is 12.2. The van der Waals surface area contributed by atoms with Crippen molar-refractivity contribution in [2.75, 3.05) is 7.11 Å². The predicted octanol–water partition coefficient (Wildman–Crippen LogP) is 3.26. The molecule has 3 heteroatoms. The van der Waals surface area contributed by atoms with Gasteiger partial charge >= 0.3 is 0 Å². The largest absolute Gasteiger partial charge is 0.277 e. The van der Waals surface area contributed by atoms with E-state index in [1.807, 2.05) is 0 Å². The SMILES string of the molecule is CONC(=O)CCCc1ccc2c(c1)-c1ccccc1C2. The molecule has 1 aliphatic carbocycles. The second-order valence-corrected chi connectivity index (χ2v) is 5.41. The van der Waals surface area contributed by atoms with Crippen LogP contribution in [0.2, 0.25) is 0 Å². The highest BCUT2D eigenvalue weighted by molar-refractivity contribution is 5.77. The molecule has 0 heterocycles. The van der Waals surface area contributed by atoms with Crippen molar-refractivity contribution in [2.24, 2.45) is 0 Å². The van der Waals surface area contributed by atoms with E-state index in [0.717, 1.165) is 19.3 Å². The van der Waals surface area contributed by atoms with Gasteiger partial charge < -0.3 is 0 Å². The molecule has 1 amide bonds. The zero-order chi connectivity index (χ0) is 14.7. The molecule has 2 aromatic rings. The van der Waals surface area contributed by atoms with Crippen molar-refractivity contribution in [3.63, 3.8) is 0 Å². The smallest absolute Gasteiger partial charge is 0.243 e. The van der Waals surface area contributed by atoms with Crippen LogP contribution >= 0.6 is 0 Å². The molecule has 0 atom stereocenters. The summed E-state index contributed by atoms with van der Waals surface area (Å²) in [5, 5.41) is 0. The fourth-order valence-electron chi connectivity index (χ4n) is 2.94. The van der Waals surface area contributed by atoms with Crippen LogP contribution in [0.4, 0.5) is 0 Å². The van der Waals surface area contributed by atoms with Crippen LogP contribution in [-0.2, 0) is 22.5 Å². The van der Waals surface area contributed by atoms with E-state index >= 15 is 0 Å². The minimum absolute atomic E-state index is 0.0657. The van der Waals surface area contributed by atoms with Gasteiger partial charge in [0.05, 0.1) is 7.11 Å². The summed E-state index contributed by atoms with van der Waals surface area (Å²) in [6.07, 6.45) is 3.26. The van der Waals surface area contributed by atoms with Crippen molar-refractivity contribution >= 4 is 5.91 Å². The van der Waals surface area contributed by atoms with Gasteiger partial charge in [-0.25, -0.2) is 5.48 Å². The second-order valence-electron chi connectivity index (χ2n) is 5.41. The van der Waals surface area contributed by atoms with Crippen molar-refractivity contribution in [3.05, 3.63) is 59.2 Å². The maximum atomic E-state index is 11.3. The van der Waals surface area contributed by atoms with Gasteiger partial charge in [-0.15, -0.1) is 0 Å². The van der Waals surface area contributed by atoms with Crippen LogP contribution in [0.5, 0.6) is 0 Å². The van der Waals surface area contributed by atoms with Crippen LogP contribution in [0.1, 0.15) is 29.5 Å². The van der Waals surface area contributed by atoms with Crippen LogP contribution in [0.25, 0.3) is 11.1 Å². The molecule has 0 fully saturated rings. The highest BCUT2D eigenvalue weighted by Crippen LogP contribution is 2.36. The quantitative estimate of drug-likeness (QED) is 0.729. The van der Waals surface area contributed by atoms with Crippen LogP contribution in [-0.4, -0.2) is 13.0 Å². The van der Waals surface area contributed by atoms with Gasteiger partial charge in [0.25, 0.3) is 0 Å². The van der Waals surface area contributed by atoms with E-state index in [4.69, 9.17) is 0 Å². The molecule has 0 spiro atoms. The van der Waals surface area contributed by atoms with Gasteiger partial charge in [-0.2, -0.15) is 0 Å². The summed E-state index contributed by atoms with van der Waals surface area (Å²) in [7, 11) is 1.45. The molecule has 0 aromatic heterocycles. The molecule has 0 unspecified atom stereocenters. The van der Waals surface area contributed by atoms with E-state index in [9.17, 15) is 4.79 Å². The molecule has 1 aliphatic rings. The molecular weight excluding hydrogens is 262 g/mol. The van der Waals surface area contributed by atoms with Gasteiger partial charge in [-0.05, 0) is 47.1 Å². The minimum atomic E-state index is -0.0657. The van der Waals surface area contributed by atoms with Gasteiger partial charge in [-0.3, -0.25) is 9.63 Å². The number of benzene rings is 2. The van der Waals surface area contributed by atoms with Gasteiger partial charge in [0.1, 0.15) is 0 Å². The van der Waals surface area contributed by atoms with E-state index in [1.54, 1.807) is 0 Å². The second kappa shape index (κ2) is 6.10. The van der Waals surface area contributed by atoms with Crippen molar-refractivity contribution in [3.8, 4) is 11.1 Å². The Bertz CT molecular complexity index is 664. The number of hydroxylamine groups is 1. The van der Waals surface area contributed by atoms with Crippen LogP contribution in [0, 0.1) is 0 Å². The fraction of sp³-hybridized carbons (Fsp3) is 0.278. The number of aryl methyl sites for hydroxylation is 1. The first-order valence-corrected chi connectivity index (χ1v) is 7.30. The van der Waals surface area contributed by atoms with Crippen molar-refractivity contribution in [2.45, 2.75) is 25.7 Å². The summed E-state index contributed by atoms with van der Waals surface area (Å²) >= 11 is 0. The summed E-state index contributed by atoms with van der Waals surface area (Å²) in [6.45, 7) is 0. The molecule has 3 rings (SSSR count). The summed E-state index contributed by atoms with van der Waals surface area (Å²) < 4.78 is 0. The lowest BCUT2D eigenvalue weighted by Crippen LogP contribution is -2.21. The van der Waals surface area contributed by atoms with E-state index in [0.29, 0.717) is 6.42 Å². The van der Waals surface area contributed by atoms with Crippen LogP contribution in [0.15, 0.2) is 42.5 Å². The van der Waals surface area contributed by atoms with E-state index in [1.165, 1.54) is 34.9 Å². The number of carbonyl (C=O) groups excluding carboxylic acids is 1. The molecule has 0 saturated heterocycles.